The summed E-state index contributed by atoms with van der Waals surface area (Å²) in [5.74, 6) is 0.941. The van der Waals surface area contributed by atoms with Gasteiger partial charge in [-0.15, -0.1) is 24.0 Å². The van der Waals surface area contributed by atoms with E-state index in [1.54, 1.807) is 0 Å². The lowest BCUT2D eigenvalue weighted by molar-refractivity contribution is -0.0352. The molecule has 0 spiro atoms. The zero-order valence-electron chi connectivity index (χ0n) is 17.8. The van der Waals surface area contributed by atoms with Gasteiger partial charge in [-0.1, -0.05) is 33.1 Å². The van der Waals surface area contributed by atoms with Crippen LogP contribution in [0.25, 0.3) is 0 Å². The first kappa shape index (κ1) is 24.9. The molecule has 6 nitrogen and oxygen atoms in total. The van der Waals surface area contributed by atoms with Crippen molar-refractivity contribution in [3.8, 4) is 0 Å². The molecular weight excluding hydrogens is 453 g/mol. The topological polar surface area (TPSA) is 52.1 Å². The molecule has 2 fully saturated rings. The second kappa shape index (κ2) is 14.0. The van der Waals surface area contributed by atoms with Crippen molar-refractivity contribution in [1.29, 1.82) is 0 Å². The van der Waals surface area contributed by atoms with Crippen LogP contribution in [-0.4, -0.2) is 87.4 Å². The fourth-order valence-corrected chi connectivity index (χ4v) is 4.40. The second-order valence-electron chi connectivity index (χ2n) is 7.67. The molecule has 2 aliphatic rings. The van der Waals surface area contributed by atoms with Crippen LogP contribution in [0, 0.1) is 0 Å². The highest BCUT2D eigenvalue weighted by Gasteiger charge is 2.38. The Morgan fingerprint density at radius 3 is 2.37 bits per heavy atom. The van der Waals surface area contributed by atoms with Gasteiger partial charge in [0.15, 0.2) is 5.96 Å². The van der Waals surface area contributed by atoms with E-state index in [-0.39, 0.29) is 29.5 Å². The highest BCUT2D eigenvalue weighted by molar-refractivity contribution is 14.0. The van der Waals surface area contributed by atoms with Crippen LogP contribution in [-0.2, 0) is 4.74 Å². The zero-order valence-corrected chi connectivity index (χ0v) is 20.1. The largest absolute Gasteiger partial charge is 0.379 e. The van der Waals surface area contributed by atoms with Crippen molar-refractivity contribution in [2.24, 2.45) is 4.99 Å². The number of aliphatic imine (C=N–C) groups is 1. The maximum absolute atomic E-state index is 5.59. The molecule has 0 aromatic rings. The van der Waals surface area contributed by atoms with Gasteiger partial charge in [0.1, 0.15) is 0 Å². The lowest BCUT2D eigenvalue weighted by Crippen LogP contribution is -2.60. The molecule has 2 rings (SSSR count). The van der Waals surface area contributed by atoms with Crippen molar-refractivity contribution in [3.63, 3.8) is 0 Å². The van der Waals surface area contributed by atoms with Crippen molar-refractivity contribution < 1.29 is 4.74 Å². The molecule has 0 radical (unpaired) electrons. The van der Waals surface area contributed by atoms with Gasteiger partial charge < -0.3 is 20.3 Å². The molecule has 0 atom stereocenters. The van der Waals surface area contributed by atoms with E-state index < -0.39 is 0 Å². The molecule has 0 aromatic heterocycles. The van der Waals surface area contributed by atoms with E-state index in [0.717, 1.165) is 58.4 Å². The van der Waals surface area contributed by atoms with E-state index in [2.05, 4.69) is 39.3 Å². The van der Waals surface area contributed by atoms with E-state index >= 15 is 0 Å². The number of halogens is 1. The Labute approximate surface area is 183 Å². The fraction of sp³-hybridized carbons (Fsp3) is 0.950. The number of likely N-dealkylation sites (N-methyl/N-ethyl adjacent to an activating group) is 1. The summed E-state index contributed by atoms with van der Waals surface area (Å²) in [6.07, 6.45) is 7.85. The van der Waals surface area contributed by atoms with Gasteiger partial charge in [0, 0.05) is 45.3 Å². The van der Waals surface area contributed by atoms with E-state index in [9.17, 15) is 0 Å². The molecule has 2 N–H and O–H groups in total. The summed E-state index contributed by atoms with van der Waals surface area (Å²) in [6, 6.07) is 0. The summed E-state index contributed by atoms with van der Waals surface area (Å²) in [5.41, 5.74) is 0.275. The Bertz CT molecular complexity index is 409. The van der Waals surface area contributed by atoms with Gasteiger partial charge in [-0.25, -0.2) is 0 Å². The van der Waals surface area contributed by atoms with Crippen molar-refractivity contribution in [2.75, 3.05) is 66.1 Å². The Kier molecular flexibility index (Phi) is 12.9. The number of ether oxygens (including phenoxy) is 1. The quantitative estimate of drug-likeness (QED) is 0.293. The van der Waals surface area contributed by atoms with Crippen molar-refractivity contribution in [2.45, 2.75) is 57.9 Å². The van der Waals surface area contributed by atoms with E-state index in [1.807, 2.05) is 7.05 Å². The van der Waals surface area contributed by atoms with Crippen LogP contribution in [0.15, 0.2) is 4.99 Å². The Hall–Kier alpha value is -0.120. The standard InChI is InChI=1S/C20H41N5O.HI/c1-4-12-24(5-2)13-11-22-19(21-3)23-18-20(9-7-6-8-10-20)25-14-16-26-17-15-25;/h4-18H2,1-3H3,(H2,21,22,23);1H. The molecule has 1 heterocycles. The average Bonchev–Trinajstić information content (AvgIpc) is 2.71. The monoisotopic (exact) mass is 495 g/mol. The Morgan fingerprint density at radius 1 is 1.07 bits per heavy atom. The molecule has 0 unspecified atom stereocenters. The van der Waals surface area contributed by atoms with Crippen molar-refractivity contribution in [3.05, 3.63) is 0 Å². The van der Waals surface area contributed by atoms with Crippen LogP contribution < -0.4 is 10.6 Å². The zero-order chi connectivity index (χ0) is 18.7. The van der Waals surface area contributed by atoms with Crippen LogP contribution in [0.3, 0.4) is 0 Å². The summed E-state index contributed by atoms with van der Waals surface area (Å²) in [6.45, 7) is 13.6. The number of hydrogen-bond acceptors (Lipinski definition) is 4. The number of rotatable bonds is 9. The van der Waals surface area contributed by atoms with Gasteiger partial charge in [0.05, 0.1) is 13.2 Å². The lowest BCUT2D eigenvalue weighted by Gasteiger charge is -2.48. The number of hydrogen-bond donors (Lipinski definition) is 2. The number of guanidine groups is 1. The highest BCUT2D eigenvalue weighted by Crippen LogP contribution is 2.33. The molecule has 0 aromatic carbocycles. The van der Waals surface area contributed by atoms with Gasteiger partial charge in [-0.05, 0) is 32.4 Å². The summed E-state index contributed by atoms with van der Waals surface area (Å²) < 4.78 is 5.59. The summed E-state index contributed by atoms with van der Waals surface area (Å²) >= 11 is 0. The summed E-state index contributed by atoms with van der Waals surface area (Å²) in [4.78, 5) is 9.61. The smallest absolute Gasteiger partial charge is 0.191 e. The van der Waals surface area contributed by atoms with E-state index in [4.69, 9.17) is 4.74 Å². The van der Waals surface area contributed by atoms with Gasteiger partial charge in [0.25, 0.3) is 0 Å². The van der Waals surface area contributed by atoms with Crippen LogP contribution in [0.1, 0.15) is 52.4 Å². The van der Waals surface area contributed by atoms with Gasteiger partial charge in [-0.2, -0.15) is 0 Å². The molecule has 27 heavy (non-hydrogen) atoms. The third-order valence-corrected chi connectivity index (χ3v) is 5.98. The first-order chi connectivity index (χ1) is 12.7. The van der Waals surface area contributed by atoms with Crippen LogP contribution in [0.4, 0.5) is 0 Å². The molecule has 1 saturated carbocycles. The third kappa shape index (κ3) is 8.03. The molecule has 1 aliphatic carbocycles. The minimum absolute atomic E-state index is 0. The number of nitrogens with one attached hydrogen (secondary N) is 2. The first-order valence-electron chi connectivity index (χ1n) is 10.7. The minimum Gasteiger partial charge on any atom is -0.379 e. The molecular formula is C20H42IN5O. The third-order valence-electron chi connectivity index (χ3n) is 5.98. The summed E-state index contributed by atoms with van der Waals surface area (Å²) in [5, 5.41) is 7.15. The van der Waals surface area contributed by atoms with Gasteiger partial charge in [-0.3, -0.25) is 9.89 Å². The fourth-order valence-electron chi connectivity index (χ4n) is 4.40. The normalized spacial score (nSPS) is 21.0. The molecule has 7 heteroatoms. The first-order valence-corrected chi connectivity index (χ1v) is 10.7. The van der Waals surface area contributed by atoms with Crippen molar-refractivity contribution >= 4 is 29.9 Å². The predicted molar refractivity (Wildman–Crippen MR) is 125 cm³/mol. The van der Waals surface area contributed by atoms with Crippen LogP contribution in [0.2, 0.25) is 0 Å². The maximum Gasteiger partial charge on any atom is 0.191 e. The van der Waals surface area contributed by atoms with E-state index in [1.165, 1.54) is 45.1 Å². The highest BCUT2D eigenvalue weighted by atomic mass is 127. The van der Waals surface area contributed by atoms with Gasteiger partial charge >= 0.3 is 0 Å². The average molecular weight is 495 g/mol. The van der Waals surface area contributed by atoms with E-state index in [0.29, 0.717) is 0 Å². The maximum atomic E-state index is 5.59. The molecule has 0 bridgehead atoms. The minimum atomic E-state index is 0. The van der Waals surface area contributed by atoms with Gasteiger partial charge in [0.2, 0.25) is 0 Å². The molecule has 160 valence electrons. The lowest BCUT2D eigenvalue weighted by atomic mass is 9.80. The van der Waals surface area contributed by atoms with Crippen LogP contribution in [0.5, 0.6) is 0 Å². The molecule has 1 saturated heterocycles. The molecule has 0 amide bonds. The number of morpholine rings is 1. The number of nitrogens with zero attached hydrogens (tertiary/aromatic N) is 3. The molecule has 1 aliphatic heterocycles. The summed E-state index contributed by atoms with van der Waals surface area (Å²) in [7, 11) is 1.88. The second-order valence-corrected chi connectivity index (χ2v) is 7.67. The SMILES string of the molecule is CCCN(CC)CCNC(=NC)NCC1(N2CCOCC2)CCCCC1.I. The Balaban J connectivity index is 0.00000364. The Morgan fingerprint density at radius 2 is 1.78 bits per heavy atom. The predicted octanol–water partition coefficient (Wildman–Crippen LogP) is 2.54. The van der Waals surface area contributed by atoms with Crippen LogP contribution >= 0.6 is 24.0 Å². The van der Waals surface area contributed by atoms with Crippen molar-refractivity contribution in [1.82, 2.24) is 20.4 Å².